The van der Waals surface area contributed by atoms with Gasteiger partial charge in [-0.2, -0.15) is 0 Å². The highest BCUT2D eigenvalue weighted by Gasteiger charge is 2.46. The van der Waals surface area contributed by atoms with E-state index in [0.717, 1.165) is 25.7 Å². The summed E-state index contributed by atoms with van der Waals surface area (Å²) in [5, 5.41) is 0. The smallest absolute Gasteiger partial charge is 0.303 e. The van der Waals surface area contributed by atoms with Gasteiger partial charge in [0.25, 0.3) is 0 Å². The molecule has 1 aliphatic carbocycles. The molecule has 1 rings (SSSR count). The van der Waals surface area contributed by atoms with Crippen molar-refractivity contribution >= 4 is 11.8 Å². The predicted molar refractivity (Wildman–Crippen MR) is 62.0 cm³/mol. The maximum atomic E-state index is 11.8. The molecule has 1 aliphatic rings. The standard InChI is InChI=1S/C13H22O3/c1-4-5-6-7-11-12(15)8-9-13(11,3)16-10(2)14/h11H,4-9H2,1-3H3. The predicted octanol–water partition coefficient (Wildman–Crippen LogP) is 2.87. The van der Waals surface area contributed by atoms with Crippen LogP contribution in [-0.2, 0) is 14.3 Å². The molecular weight excluding hydrogens is 204 g/mol. The first-order valence-corrected chi connectivity index (χ1v) is 6.22. The van der Waals surface area contributed by atoms with E-state index in [9.17, 15) is 9.59 Å². The van der Waals surface area contributed by atoms with Gasteiger partial charge in [0.1, 0.15) is 11.4 Å². The summed E-state index contributed by atoms with van der Waals surface area (Å²) < 4.78 is 5.35. The zero-order valence-electron chi connectivity index (χ0n) is 10.5. The second-order valence-electron chi connectivity index (χ2n) is 4.92. The Balaban J connectivity index is 2.61. The lowest BCUT2D eigenvalue weighted by Crippen LogP contribution is -2.37. The Hall–Kier alpha value is -0.860. The Bertz CT molecular complexity index is 272. The van der Waals surface area contributed by atoms with Gasteiger partial charge >= 0.3 is 5.97 Å². The fourth-order valence-corrected chi connectivity index (χ4v) is 2.58. The first kappa shape index (κ1) is 13.2. The van der Waals surface area contributed by atoms with E-state index in [1.54, 1.807) is 0 Å². The normalized spacial score (nSPS) is 29.4. The minimum absolute atomic E-state index is 0.0806. The molecule has 1 fully saturated rings. The summed E-state index contributed by atoms with van der Waals surface area (Å²) in [6.07, 6.45) is 5.42. The van der Waals surface area contributed by atoms with Crippen molar-refractivity contribution in [3.63, 3.8) is 0 Å². The summed E-state index contributed by atoms with van der Waals surface area (Å²) in [5.41, 5.74) is -0.545. The third-order valence-corrected chi connectivity index (χ3v) is 3.47. The third kappa shape index (κ3) is 3.06. The van der Waals surface area contributed by atoms with Gasteiger partial charge in [0, 0.05) is 13.3 Å². The first-order valence-electron chi connectivity index (χ1n) is 6.22. The van der Waals surface area contributed by atoms with Gasteiger partial charge < -0.3 is 4.74 Å². The SMILES string of the molecule is CCCCCC1C(=O)CCC1(C)OC(C)=O. The maximum Gasteiger partial charge on any atom is 0.303 e. The minimum Gasteiger partial charge on any atom is -0.459 e. The van der Waals surface area contributed by atoms with Crippen molar-refractivity contribution in [1.29, 1.82) is 0 Å². The van der Waals surface area contributed by atoms with Crippen LogP contribution < -0.4 is 0 Å². The van der Waals surface area contributed by atoms with Gasteiger partial charge in [0.2, 0.25) is 0 Å². The van der Waals surface area contributed by atoms with Crippen molar-refractivity contribution in [1.82, 2.24) is 0 Å². The summed E-state index contributed by atoms with van der Waals surface area (Å²) in [6.45, 7) is 5.45. The molecule has 0 saturated heterocycles. The number of unbranched alkanes of at least 4 members (excludes halogenated alkanes) is 2. The fourth-order valence-electron chi connectivity index (χ4n) is 2.58. The Morgan fingerprint density at radius 1 is 1.50 bits per heavy atom. The monoisotopic (exact) mass is 226 g/mol. The van der Waals surface area contributed by atoms with Crippen LogP contribution in [0.1, 0.15) is 59.3 Å². The van der Waals surface area contributed by atoms with E-state index in [0.29, 0.717) is 12.8 Å². The zero-order valence-corrected chi connectivity index (χ0v) is 10.5. The number of esters is 1. The summed E-state index contributed by atoms with van der Waals surface area (Å²) >= 11 is 0. The van der Waals surface area contributed by atoms with Gasteiger partial charge in [-0.3, -0.25) is 9.59 Å². The van der Waals surface area contributed by atoms with Crippen LogP contribution in [0.3, 0.4) is 0 Å². The number of hydrogen-bond acceptors (Lipinski definition) is 3. The highest BCUT2D eigenvalue weighted by atomic mass is 16.6. The second-order valence-corrected chi connectivity index (χ2v) is 4.92. The van der Waals surface area contributed by atoms with E-state index < -0.39 is 5.60 Å². The Labute approximate surface area is 97.5 Å². The van der Waals surface area contributed by atoms with Gasteiger partial charge in [-0.15, -0.1) is 0 Å². The molecule has 92 valence electrons. The Morgan fingerprint density at radius 2 is 2.19 bits per heavy atom. The molecule has 0 radical (unpaired) electrons. The lowest BCUT2D eigenvalue weighted by Gasteiger charge is -2.29. The van der Waals surface area contributed by atoms with Crippen molar-refractivity contribution in [3.05, 3.63) is 0 Å². The number of hydrogen-bond donors (Lipinski definition) is 0. The largest absolute Gasteiger partial charge is 0.459 e. The van der Waals surface area contributed by atoms with Crippen LogP contribution in [0.4, 0.5) is 0 Å². The molecule has 0 aromatic carbocycles. The van der Waals surface area contributed by atoms with Gasteiger partial charge in [0.15, 0.2) is 0 Å². The summed E-state index contributed by atoms with van der Waals surface area (Å²) in [4.78, 5) is 22.8. The molecule has 16 heavy (non-hydrogen) atoms. The van der Waals surface area contributed by atoms with Crippen LogP contribution in [0.5, 0.6) is 0 Å². The number of ketones is 1. The fraction of sp³-hybridized carbons (Fsp3) is 0.846. The summed E-state index contributed by atoms with van der Waals surface area (Å²) in [6, 6.07) is 0. The van der Waals surface area contributed by atoms with Crippen molar-refractivity contribution in [2.75, 3.05) is 0 Å². The number of Topliss-reactive ketones (excluding diaryl/α,β-unsaturated/α-hetero) is 1. The van der Waals surface area contributed by atoms with Crippen LogP contribution in [0.2, 0.25) is 0 Å². The average Bonchev–Trinajstić information content (AvgIpc) is 2.44. The van der Waals surface area contributed by atoms with Gasteiger partial charge in [-0.05, 0) is 19.8 Å². The van der Waals surface area contributed by atoms with E-state index in [-0.39, 0.29) is 17.7 Å². The second kappa shape index (κ2) is 5.46. The molecule has 2 unspecified atom stereocenters. The van der Waals surface area contributed by atoms with E-state index in [2.05, 4.69) is 6.92 Å². The van der Waals surface area contributed by atoms with Crippen LogP contribution in [-0.4, -0.2) is 17.4 Å². The highest BCUT2D eigenvalue weighted by Crippen LogP contribution is 2.39. The molecule has 0 aromatic rings. The molecule has 1 saturated carbocycles. The number of rotatable bonds is 5. The van der Waals surface area contributed by atoms with Crippen LogP contribution in [0.15, 0.2) is 0 Å². The molecule has 3 heteroatoms. The molecule has 0 aromatic heterocycles. The average molecular weight is 226 g/mol. The van der Waals surface area contributed by atoms with Crippen LogP contribution >= 0.6 is 0 Å². The van der Waals surface area contributed by atoms with E-state index >= 15 is 0 Å². The molecule has 2 atom stereocenters. The zero-order chi connectivity index (χ0) is 12.2. The van der Waals surface area contributed by atoms with Crippen molar-refractivity contribution in [2.45, 2.75) is 64.9 Å². The Morgan fingerprint density at radius 3 is 2.75 bits per heavy atom. The van der Waals surface area contributed by atoms with E-state index in [1.165, 1.54) is 6.92 Å². The third-order valence-electron chi connectivity index (χ3n) is 3.47. The molecular formula is C13H22O3. The molecule has 0 spiro atoms. The summed E-state index contributed by atoms with van der Waals surface area (Å²) in [5.74, 6) is -0.0968. The van der Waals surface area contributed by atoms with Gasteiger partial charge in [-0.25, -0.2) is 0 Å². The number of carbonyl (C=O) groups is 2. The molecule has 0 amide bonds. The number of ether oxygens (including phenoxy) is 1. The topological polar surface area (TPSA) is 43.4 Å². The number of carbonyl (C=O) groups excluding carboxylic acids is 2. The molecule has 3 nitrogen and oxygen atoms in total. The molecule has 0 aliphatic heterocycles. The molecule has 0 N–H and O–H groups in total. The van der Waals surface area contributed by atoms with Crippen molar-refractivity contribution < 1.29 is 14.3 Å². The highest BCUT2D eigenvalue weighted by molar-refractivity contribution is 5.85. The quantitative estimate of drug-likeness (QED) is 0.535. The Kier molecular flexibility index (Phi) is 4.51. The van der Waals surface area contributed by atoms with E-state index in [1.807, 2.05) is 6.92 Å². The maximum absolute atomic E-state index is 11.8. The van der Waals surface area contributed by atoms with Gasteiger partial charge in [0.05, 0.1) is 5.92 Å². The van der Waals surface area contributed by atoms with E-state index in [4.69, 9.17) is 4.74 Å². The van der Waals surface area contributed by atoms with Gasteiger partial charge in [-0.1, -0.05) is 26.2 Å². The van der Waals surface area contributed by atoms with Crippen molar-refractivity contribution in [3.8, 4) is 0 Å². The van der Waals surface area contributed by atoms with Crippen LogP contribution in [0.25, 0.3) is 0 Å². The summed E-state index contributed by atoms with van der Waals surface area (Å²) in [7, 11) is 0. The first-order chi connectivity index (χ1) is 7.49. The lowest BCUT2D eigenvalue weighted by molar-refractivity contribution is -0.160. The minimum atomic E-state index is -0.545. The lowest BCUT2D eigenvalue weighted by atomic mass is 9.87. The molecule has 0 heterocycles. The molecule has 0 bridgehead atoms. The van der Waals surface area contributed by atoms with Crippen LogP contribution in [0, 0.1) is 5.92 Å². The van der Waals surface area contributed by atoms with Crippen molar-refractivity contribution in [2.24, 2.45) is 5.92 Å².